The Morgan fingerprint density at radius 2 is 1.85 bits per heavy atom. The Morgan fingerprint density at radius 1 is 1.23 bits per heavy atom. The summed E-state index contributed by atoms with van der Waals surface area (Å²) in [5.74, 6) is 0.220. The monoisotopic (exact) mass is 198 g/mol. The van der Waals surface area contributed by atoms with Crippen molar-refractivity contribution in [3.8, 4) is 0 Å². The predicted octanol–water partition coefficient (Wildman–Crippen LogP) is 3.34. The minimum absolute atomic E-state index is 0.220. The van der Waals surface area contributed by atoms with Crippen molar-refractivity contribution in [2.24, 2.45) is 5.92 Å². The lowest BCUT2D eigenvalue weighted by molar-refractivity contribution is 0.127. The lowest BCUT2D eigenvalue weighted by atomic mass is 9.98. The van der Waals surface area contributed by atoms with Crippen molar-refractivity contribution in [3.63, 3.8) is 0 Å². The van der Waals surface area contributed by atoms with E-state index in [1.807, 2.05) is 39.0 Å². The van der Waals surface area contributed by atoms with Gasteiger partial charge < -0.3 is 5.11 Å². The van der Waals surface area contributed by atoms with Crippen LogP contribution in [-0.2, 0) is 0 Å². The van der Waals surface area contributed by atoms with Crippen LogP contribution in [0.4, 0.5) is 0 Å². The molecule has 0 amide bonds. The molecule has 1 aromatic rings. The van der Waals surface area contributed by atoms with E-state index < -0.39 is 6.10 Å². The van der Waals surface area contributed by atoms with Crippen LogP contribution >= 0.6 is 11.6 Å². The van der Waals surface area contributed by atoms with Gasteiger partial charge in [-0.2, -0.15) is 0 Å². The molecule has 0 heterocycles. The fraction of sp³-hybridized carbons (Fsp3) is 0.455. The van der Waals surface area contributed by atoms with Gasteiger partial charge in [0.25, 0.3) is 0 Å². The van der Waals surface area contributed by atoms with Gasteiger partial charge in [-0.05, 0) is 36.1 Å². The van der Waals surface area contributed by atoms with Gasteiger partial charge in [-0.15, -0.1) is 0 Å². The molecule has 0 saturated carbocycles. The third kappa shape index (κ3) is 2.71. The van der Waals surface area contributed by atoms with E-state index in [9.17, 15) is 5.11 Å². The van der Waals surface area contributed by atoms with E-state index in [1.54, 1.807) is 0 Å². The third-order valence-corrected chi connectivity index (χ3v) is 2.26. The summed E-state index contributed by atoms with van der Waals surface area (Å²) in [5, 5.41) is 10.5. The minimum Gasteiger partial charge on any atom is -0.388 e. The lowest BCUT2D eigenvalue weighted by Gasteiger charge is -2.15. The van der Waals surface area contributed by atoms with E-state index in [0.29, 0.717) is 5.02 Å². The maximum absolute atomic E-state index is 9.79. The molecule has 0 radical (unpaired) electrons. The molecule has 0 aliphatic rings. The molecule has 0 spiro atoms. The van der Waals surface area contributed by atoms with Crippen molar-refractivity contribution < 1.29 is 5.11 Å². The zero-order valence-corrected chi connectivity index (χ0v) is 8.97. The summed E-state index contributed by atoms with van der Waals surface area (Å²) in [5.41, 5.74) is 1.99. The van der Waals surface area contributed by atoms with Gasteiger partial charge >= 0.3 is 0 Å². The van der Waals surface area contributed by atoms with Crippen molar-refractivity contribution in [2.75, 3.05) is 0 Å². The Bertz CT molecular complexity index is 274. The zero-order chi connectivity index (χ0) is 10.0. The number of aliphatic hydroxyl groups excluding tert-OH is 1. The highest BCUT2D eigenvalue weighted by molar-refractivity contribution is 6.30. The molecule has 13 heavy (non-hydrogen) atoms. The van der Waals surface area contributed by atoms with Gasteiger partial charge in [0.1, 0.15) is 0 Å². The average molecular weight is 199 g/mol. The molecule has 0 aromatic heterocycles. The molecule has 0 aliphatic carbocycles. The van der Waals surface area contributed by atoms with Gasteiger partial charge in [-0.1, -0.05) is 31.5 Å². The molecule has 0 aliphatic heterocycles. The van der Waals surface area contributed by atoms with Crippen LogP contribution in [0.5, 0.6) is 0 Å². The number of halogens is 1. The number of benzene rings is 1. The summed E-state index contributed by atoms with van der Waals surface area (Å²) in [6, 6.07) is 5.67. The zero-order valence-electron chi connectivity index (χ0n) is 8.21. The molecule has 0 saturated heterocycles. The van der Waals surface area contributed by atoms with E-state index in [1.165, 1.54) is 0 Å². The van der Waals surface area contributed by atoms with Gasteiger partial charge in [-0.25, -0.2) is 0 Å². The van der Waals surface area contributed by atoms with Crippen LogP contribution in [-0.4, -0.2) is 5.11 Å². The normalized spacial score (nSPS) is 13.4. The van der Waals surface area contributed by atoms with E-state index in [4.69, 9.17) is 11.6 Å². The van der Waals surface area contributed by atoms with E-state index in [-0.39, 0.29) is 5.92 Å². The molecule has 2 heteroatoms. The Morgan fingerprint density at radius 3 is 2.31 bits per heavy atom. The second-order valence-electron chi connectivity index (χ2n) is 3.75. The van der Waals surface area contributed by atoms with Crippen LogP contribution in [0.1, 0.15) is 31.1 Å². The molecule has 0 bridgehead atoms. The largest absolute Gasteiger partial charge is 0.388 e. The van der Waals surface area contributed by atoms with Gasteiger partial charge in [-0.3, -0.25) is 0 Å². The smallest absolute Gasteiger partial charge is 0.0813 e. The second-order valence-corrected chi connectivity index (χ2v) is 4.19. The summed E-state index contributed by atoms with van der Waals surface area (Å²) >= 11 is 5.89. The molecule has 1 atom stereocenters. The molecule has 0 fully saturated rings. The summed E-state index contributed by atoms with van der Waals surface area (Å²) < 4.78 is 0. The maximum atomic E-state index is 9.79. The first kappa shape index (κ1) is 10.6. The van der Waals surface area contributed by atoms with Gasteiger partial charge in [0.15, 0.2) is 0 Å². The van der Waals surface area contributed by atoms with Crippen molar-refractivity contribution >= 4 is 11.6 Å². The predicted molar refractivity (Wildman–Crippen MR) is 56.0 cm³/mol. The van der Waals surface area contributed by atoms with E-state index in [2.05, 4.69) is 0 Å². The van der Waals surface area contributed by atoms with Gasteiger partial charge in [0, 0.05) is 5.02 Å². The fourth-order valence-electron chi connectivity index (χ4n) is 1.32. The first-order valence-electron chi connectivity index (χ1n) is 4.46. The molecule has 1 aromatic carbocycles. The number of rotatable bonds is 2. The Hall–Kier alpha value is -0.530. The summed E-state index contributed by atoms with van der Waals surface area (Å²) in [6.07, 6.45) is -0.419. The second kappa shape index (κ2) is 4.12. The van der Waals surface area contributed by atoms with Crippen LogP contribution in [0, 0.1) is 12.8 Å². The molecule has 72 valence electrons. The minimum atomic E-state index is -0.419. The molecule has 1 nitrogen and oxygen atoms in total. The lowest BCUT2D eigenvalue weighted by Crippen LogP contribution is -2.05. The van der Waals surface area contributed by atoms with Crippen LogP contribution in [0.2, 0.25) is 5.02 Å². The summed E-state index contributed by atoms with van der Waals surface area (Å²) in [4.78, 5) is 0. The van der Waals surface area contributed by atoms with Crippen LogP contribution in [0.3, 0.4) is 0 Å². The topological polar surface area (TPSA) is 20.2 Å². The Balaban J connectivity index is 3.01. The fourth-order valence-corrected chi connectivity index (χ4v) is 1.62. The quantitative estimate of drug-likeness (QED) is 0.773. The third-order valence-electron chi connectivity index (χ3n) is 2.04. The summed E-state index contributed by atoms with van der Waals surface area (Å²) in [7, 11) is 0. The molecular weight excluding hydrogens is 184 g/mol. The summed E-state index contributed by atoms with van der Waals surface area (Å²) in [6.45, 7) is 5.95. The standard InChI is InChI=1S/C11H15ClO/c1-7(2)11(13)9-4-8(3)5-10(12)6-9/h4-7,11,13H,1-3H3. The van der Waals surface area contributed by atoms with Crippen LogP contribution in [0.15, 0.2) is 18.2 Å². The number of hydrogen-bond acceptors (Lipinski definition) is 1. The first-order valence-corrected chi connectivity index (χ1v) is 4.83. The van der Waals surface area contributed by atoms with Crippen molar-refractivity contribution in [1.82, 2.24) is 0 Å². The number of aryl methyl sites for hydroxylation is 1. The van der Waals surface area contributed by atoms with Crippen molar-refractivity contribution in [1.29, 1.82) is 0 Å². The van der Waals surface area contributed by atoms with Crippen LogP contribution in [0.25, 0.3) is 0 Å². The highest BCUT2D eigenvalue weighted by atomic mass is 35.5. The Kier molecular flexibility index (Phi) is 3.34. The molecule has 1 N–H and O–H groups in total. The molecule has 1 unspecified atom stereocenters. The maximum Gasteiger partial charge on any atom is 0.0813 e. The van der Waals surface area contributed by atoms with E-state index >= 15 is 0 Å². The van der Waals surface area contributed by atoms with E-state index in [0.717, 1.165) is 11.1 Å². The van der Waals surface area contributed by atoms with Crippen molar-refractivity contribution in [2.45, 2.75) is 26.9 Å². The van der Waals surface area contributed by atoms with Crippen LogP contribution < -0.4 is 0 Å². The van der Waals surface area contributed by atoms with Gasteiger partial charge in [0.05, 0.1) is 6.10 Å². The number of hydrogen-bond donors (Lipinski definition) is 1. The molecule has 1 rings (SSSR count). The highest BCUT2D eigenvalue weighted by Gasteiger charge is 2.12. The SMILES string of the molecule is Cc1cc(Cl)cc(C(O)C(C)C)c1. The van der Waals surface area contributed by atoms with Gasteiger partial charge in [0.2, 0.25) is 0 Å². The van der Waals surface area contributed by atoms with Crippen molar-refractivity contribution in [3.05, 3.63) is 34.3 Å². The average Bonchev–Trinajstić information content (AvgIpc) is 2.01. The molecular formula is C11H15ClO. The Labute approximate surface area is 84.4 Å². The number of aliphatic hydroxyl groups is 1. The highest BCUT2D eigenvalue weighted by Crippen LogP contribution is 2.25. The first-order chi connectivity index (χ1) is 6.00.